The van der Waals surface area contributed by atoms with E-state index in [2.05, 4.69) is 15.9 Å². The molecule has 0 aliphatic carbocycles. The maximum Gasteiger partial charge on any atom is 0.193 e. The molecule has 0 saturated carbocycles. The lowest BCUT2D eigenvalue weighted by molar-refractivity contribution is 0.103. The van der Waals surface area contributed by atoms with Crippen molar-refractivity contribution in [2.45, 2.75) is 20.8 Å². The molecule has 1 nitrogen and oxygen atoms in total. The number of carbonyl (C=O) groups is 1. The first kappa shape index (κ1) is 13.9. The van der Waals surface area contributed by atoms with Crippen molar-refractivity contribution in [3.63, 3.8) is 0 Å². The molecule has 0 bridgehead atoms. The number of rotatable bonds is 2. The van der Waals surface area contributed by atoms with E-state index in [0.29, 0.717) is 22.3 Å². The van der Waals surface area contributed by atoms with Gasteiger partial charge >= 0.3 is 0 Å². The zero-order chi connectivity index (χ0) is 14.2. The fraction of sp³-hybridized carbons (Fsp3) is 0.188. The molecular formula is C16H14BrFO. The van der Waals surface area contributed by atoms with Crippen molar-refractivity contribution in [2.24, 2.45) is 0 Å². The van der Waals surface area contributed by atoms with Gasteiger partial charge < -0.3 is 0 Å². The Balaban J connectivity index is 2.59. The van der Waals surface area contributed by atoms with Gasteiger partial charge in [-0.25, -0.2) is 4.39 Å². The quantitative estimate of drug-likeness (QED) is 0.730. The monoisotopic (exact) mass is 320 g/mol. The van der Waals surface area contributed by atoms with E-state index in [0.717, 1.165) is 10.0 Å². The van der Waals surface area contributed by atoms with Crippen LogP contribution in [0.3, 0.4) is 0 Å². The summed E-state index contributed by atoms with van der Waals surface area (Å²) in [6.07, 6.45) is 0. The molecule has 3 heteroatoms. The lowest BCUT2D eigenvalue weighted by Gasteiger charge is -2.11. The highest BCUT2D eigenvalue weighted by Crippen LogP contribution is 2.23. The van der Waals surface area contributed by atoms with E-state index in [4.69, 9.17) is 0 Å². The lowest BCUT2D eigenvalue weighted by atomic mass is 9.93. The van der Waals surface area contributed by atoms with E-state index in [1.807, 2.05) is 19.1 Å². The highest BCUT2D eigenvalue weighted by atomic mass is 79.9. The number of hydrogen-bond acceptors (Lipinski definition) is 1. The zero-order valence-electron chi connectivity index (χ0n) is 11.1. The number of ketones is 1. The number of halogens is 2. The molecule has 2 aromatic carbocycles. The average Bonchev–Trinajstić information content (AvgIpc) is 2.30. The van der Waals surface area contributed by atoms with Crippen LogP contribution in [0.5, 0.6) is 0 Å². The van der Waals surface area contributed by atoms with Crippen LogP contribution in [0.15, 0.2) is 34.8 Å². The molecule has 0 aliphatic heterocycles. The van der Waals surface area contributed by atoms with Crippen molar-refractivity contribution >= 4 is 21.7 Å². The predicted molar refractivity (Wildman–Crippen MR) is 78.2 cm³/mol. The summed E-state index contributed by atoms with van der Waals surface area (Å²) in [5.41, 5.74) is 3.48. The fourth-order valence-corrected chi connectivity index (χ4v) is 2.60. The van der Waals surface area contributed by atoms with Gasteiger partial charge in [-0.05, 0) is 61.7 Å². The van der Waals surface area contributed by atoms with Gasteiger partial charge in [0.2, 0.25) is 0 Å². The molecule has 0 aliphatic rings. The minimum absolute atomic E-state index is 0.0613. The molecule has 0 atom stereocenters. The Labute approximate surface area is 120 Å². The van der Waals surface area contributed by atoms with E-state index in [1.165, 1.54) is 12.1 Å². The summed E-state index contributed by atoms with van der Waals surface area (Å²) in [6.45, 7) is 5.42. The van der Waals surface area contributed by atoms with Gasteiger partial charge in [0.1, 0.15) is 5.82 Å². The van der Waals surface area contributed by atoms with Crippen LogP contribution in [0.2, 0.25) is 0 Å². The number of benzene rings is 2. The second-order valence-electron chi connectivity index (χ2n) is 4.70. The van der Waals surface area contributed by atoms with Crippen LogP contribution < -0.4 is 0 Å². The third-order valence-corrected chi connectivity index (χ3v) is 3.66. The first-order chi connectivity index (χ1) is 8.90. The van der Waals surface area contributed by atoms with E-state index < -0.39 is 0 Å². The van der Waals surface area contributed by atoms with Crippen LogP contribution in [-0.4, -0.2) is 5.78 Å². The molecule has 0 aromatic heterocycles. The Morgan fingerprint density at radius 3 is 2.16 bits per heavy atom. The van der Waals surface area contributed by atoms with E-state index >= 15 is 0 Å². The Bertz CT molecular complexity index is 639. The molecule has 0 amide bonds. The molecule has 0 heterocycles. The second kappa shape index (κ2) is 5.25. The zero-order valence-corrected chi connectivity index (χ0v) is 12.6. The van der Waals surface area contributed by atoms with E-state index in [9.17, 15) is 9.18 Å². The minimum Gasteiger partial charge on any atom is -0.289 e. The Kier molecular flexibility index (Phi) is 3.85. The van der Waals surface area contributed by atoms with Crippen LogP contribution in [0, 0.1) is 26.6 Å². The Hall–Kier alpha value is -1.48. The molecule has 0 radical (unpaired) electrons. The first-order valence-corrected chi connectivity index (χ1v) is 6.77. The molecule has 0 fully saturated rings. The molecule has 2 aromatic rings. The Morgan fingerprint density at radius 2 is 1.58 bits per heavy atom. The maximum atomic E-state index is 13.3. The van der Waals surface area contributed by atoms with Crippen molar-refractivity contribution in [3.8, 4) is 0 Å². The standard InChI is InChI=1S/C16H14BrFO/c1-9-4-5-12(17)8-14(9)16(19)15-10(2)6-13(18)7-11(15)3/h4-8H,1-3H3. The molecule has 0 saturated heterocycles. The molecule has 0 N–H and O–H groups in total. The molecule has 0 spiro atoms. The minimum atomic E-state index is -0.308. The predicted octanol–water partition coefficient (Wildman–Crippen LogP) is 4.74. The SMILES string of the molecule is Cc1ccc(Br)cc1C(=O)c1c(C)cc(F)cc1C. The second-order valence-corrected chi connectivity index (χ2v) is 5.62. The van der Waals surface area contributed by atoms with Crippen LogP contribution in [0.25, 0.3) is 0 Å². The van der Waals surface area contributed by atoms with Gasteiger partial charge in [0.05, 0.1) is 0 Å². The van der Waals surface area contributed by atoms with Gasteiger partial charge in [-0.15, -0.1) is 0 Å². The summed E-state index contributed by atoms with van der Waals surface area (Å²) >= 11 is 3.37. The largest absolute Gasteiger partial charge is 0.289 e. The third kappa shape index (κ3) is 2.76. The highest BCUT2D eigenvalue weighted by Gasteiger charge is 2.17. The third-order valence-electron chi connectivity index (χ3n) is 3.17. The summed E-state index contributed by atoms with van der Waals surface area (Å²) in [5, 5.41) is 0. The van der Waals surface area contributed by atoms with Crippen molar-refractivity contribution in [2.75, 3.05) is 0 Å². The summed E-state index contributed by atoms with van der Waals surface area (Å²) in [4.78, 5) is 12.6. The van der Waals surface area contributed by atoms with Crippen molar-refractivity contribution < 1.29 is 9.18 Å². The highest BCUT2D eigenvalue weighted by molar-refractivity contribution is 9.10. The van der Waals surface area contributed by atoms with Crippen molar-refractivity contribution in [1.82, 2.24) is 0 Å². The summed E-state index contributed by atoms with van der Waals surface area (Å²) in [6, 6.07) is 8.39. The molecular weight excluding hydrogens is 307 g/mol. The smallest absolute Gasteiger partial charge is 0.193 e. The first-order valence-electron chi connectivity index (χ1n) is 5.97. The summed E-state index contributed by atoms with van der Waals surface area (Å²) in [5.74, 6) is -0.369. The number of hydrogen-bond donors (Lipinski definition) is 0. The van der Waals surface area contributed by atoms with Crippen LogP contribution in [-0.2, 0) is 0 Å². The van der Waals surface area contributed by atoms with Gasteiger partial charge in [0.25, 0.3) is 0 Å². The van der Waals surface area contributed by atoms with Crippen molar-refractivity contribution in [3.05, 3.63) is 68.4 Å². The number of carbonyl (C=O) groups excluding carboxylic acids is 1. The molecule has 2 rings (SSSR count). The fourth-order valence-electron chi connectivity index (χ4n) is 2.24. The summed E-state index contributed by atoms with van der Waals surface area (Å²) < 4.78 is 14.2. The Morgan fingerprint density at radius 1 is 1.00 bits per heavy atom. The molecule has 0 unspecified atom stereocenters. The lowest BCUT2D eigenvalue weighted by Crippen LogP contribution is -2.08. The van der Waals surface area contributed by atoms with Crippen LogP contribution in [0.4, 0.5) is 4.39 Å². The van der Waals surface area contributed by atoms with Crippen molar-refractivity contribution in [1.29, 1.82) is 0 Å². The molecule has 98 valence electrons. The van der Waals surface area contributed by atoms with Gasteiger partial charge in [-0.1, -0.05) is 22.0 Å². The van der Waals surface area contributed by atoms with E-state index in [-0.39, 0.29) is 11.6 Å². The van der Waals surface area contributed by atoms with Crippen LogP contribution >= 0.6 is 15.9 Å². The van der Waals surface area contributed by atoms with Gasteiger partial charge in [-0.3, -0.25) is 4.79 Å². The van der Waals surface area contributed by atoms with Gasteiger partial charge in [0, 0.05) is 15.6 Å². The van der Waals surface area contributed by atoms with Gasteiger partial charge in [-0.2, -0.15) is 0 Å². The van der Waals surface area contributed by atoms with E-state index in [1.54, 1.807) is 19.9 Å². The molecule has 19 heavy (non-hydrogen) atoms. The summed E-state index contributed by atoms with van der Waals surface area (Å²) in [7, 11) is 0. The van der Waals surface area contributed by atoms with Crippen LogP contribution in [0.1, 0.15) is 32.6 Å². The normalized spacial score (nSPS) is 10.6. The topological polar surface area (TPSA) is 17.1 Å². The number of aryl methyl sites for hydroxylation is 3. The maximum absolute atomic E-state index is 13.3. The average molecular weight is 321 g/mol. The van der Waals surface area contributed by atoms with Gasteiger partial charge in [0.15, 0.2) is 5.78 Å².